The van der Waals surface area contributed by atoms with Gasteiger partial charge in [0.25, 0.3) is 0 Å². The number of benzene rings is 1. The van der Waals surface area contributed by atoms with E-state index in [2.05, 4.69) is 5.32 Å². The topological polar surface area (TPSA) is 55.4 Å². The number of halogens is 1. The fourth-order valence-electron chi connectivity index (χ4n) is 3.06. The highest BCUT2D eigenvalue weighted by molar-refractivity contribution is 8.14. The molecule has 2 aliphatic rings. The van der Waals surface area contributed by atoms with Crippen LogP contribution >= 0.6 is 23.4 Å². The quantitative estimate of drug-likeness (QED) is 0.859. The average Bonchev–Trinajstić information content (AvgIpc) is 2.85. The van der Waals surface area contributed by atoms with E-state index in [4.69, 9.17) is 16.3 Å². The fraction of sp³-hybridized carbons (Fsp3) is 0.375. The Balaban J connectivity index is 2.06. The van der Waals surface area contributed by atoms with Crippen LogP contribution in [0.3, 0.4) is 0 Å². The van der Waals surface area contributed by atoms with Crippen LogP contribution in [-0.4, -0.2) is 30.0 Å². The van der Waals surface area contributed by atoms with Gasteiger partial charge >= 0.3 is 5.97 Å². The number of rotatable bonds is 3. The summed E-state index contributed by atoms with van der Waals surface area (Å²) in [7, 11) is 1.34. The maximum absolute atomic E-state index is 12.5. The highest BCUT2D eigenvalue weighted by Crippen LogP contribution is 2.48. The van der Waals surface area contributed by atoms with Crippen molar-refractivity contribution in [2.45, 2.75) is 17.6 Å². The van der Waals surface area contributed by atoms with Crippen molar-refractivity contribution in [2.24, 2.45) is 5.92 Å². The van der Waals surface area contributed by atoms with Gasteiger partial charge in [-0.3, -0.25) is 9.59 Å². The molecule has 0 radical (unpaired) electrons. The Hall–Kier alpha value is -1.46. The zero-order valence-corrected chi connectivity index (χ0v) is 13.6. The van der Waals surface area contributed by atoms with E-state index >= 15 is 0 Å². The first-order chi connectivity index (χ1) is 10.6. The number of methoxy groups -OCH3 is 1. The number of thioether (sulfide) groups is 1. The molecule has 3 atom stereocenters. The number of carbonyl (C=O) groups is 2. The maximum atomic E-state index is 12.5. The summed E-state index contributed by atoms with van der Waals surface area (Å²) in [6.45, 7) is 0.843. The Morgan fingerprint density at radius 1 is 1.45 bits per heavy atom. The van der Waals surface area contributed by atoms with E-state index in [0.29, 0.717) is 10.6 Å². The third-order valence-electron chi connectivity index (χ3n) is 4.09. The molecule has 1 aromatic rings. The molecule has 0 saturated carbocycles. The minimum Gasteiger partial charge on any atom is -0.469 e. The van der Waals surface area contributed by atoms with Gasteiger partial charge in [-0.15, -0.1) is 0 Å². The van der Waals surface area contributed by atoms with Crippen LogP contribution in [0.2, 0.25) is 5.02 Å². The molecule has 0 bridgehead atoms. The fourth-order valence-corrected chi connectivity index (χ4v) is 4.60. The molecule has 1 aromatic carbocycles. The van der Waals surface area contributed by atoms with Crippen molar-refractivity contribution in [2.75, 3.05) is 13.7 Å². The first-order valence-electron chi connectivity index (χ1n) is 7.09. The van der Waals surface area contributed by atoms with Crippen molar-refractivity contribution in [3.63, 3.8) is 0 Å². The minimum absolute atomic E-state index is 0.00951. The molecule has 0 spiro atoms. The van der Waals surface area contributed by atoms with Gasteiger partial charge in [0.15, 0.2) is 5.12 Å². The van der Waals surface area contributed by atoms with Crippen molar-refractivity contribution in [1.29, 1.82) is 0 Å². The molecule has 4 nitrogen and oxygen atoms in total. The Kier molecular flexibility index (Phi) is 4.45. The number of carbonyl (C=O) groups excluding carboxylic acids is 2. The van der Waals surface area contributed by atoms with Crippen molar-refractivity contribution in [1.82, 2.24) is 5.32 Å². The monoisotopic (exact) mass is 337 g/mol. The van der Waals surface area contributed by atoms with Crippen molar-refractivity contribution >= 4 is 34.4 Å². The Bertz CT molecular complexity index is 646. The van der Waals surface area contributed by atoms with Crippen LogP contribution in [0.4, 0.5) is 0 Å². The Labute approximate surface area is 138 Å². The lowest BCUT2D eigenvalue weighted by molar-refractivity contribution is -0.144. The first-order valence-corrected chi connectivity index (χ1v) is 8.35. The SMILES string of the molecule is COC(=O)[C@H](c1ccccc1Cl)C1C(=O)SC2CCNC=C21. The number of hydrogen-bond acceptors (Lipinski definition) is 5. The molecule has 22 heavy (non-hydrogen) atoms. The molecule has 0 aliphatic carbocycles. The van der Waals surface area contributed by atoms with Gasteiger partial charge < -0.3 is 10.1 Å². The zero-order valence-electron chi connectivity index (χ0n) is 12.0. The summed E-state index contributed by atoms with van der Waals surface area (Å²) >= 11 is 7.58. The summed E-state index contributed by atoms with van der Waals surface area (Å²) < 4.78 is 4.96. The first kappa shape index (κ1) is 15.4. The molecule has 6 heteroatoms. The van der Waals surface area contributed by atoms with Crippen LogP contribution in [-0.2, 0) is 14.3 Å². The van der Waals surface area contributed by atoms with Gasteiger partial charge in [-0.05, 0) is 29.8 Å². The van der Waals surface area contributed by atoms with Gasteiger partial charge in [0, 0.05) is 16.8 Å². The highest BCUT2D eigenvalue weighted by atomic mass is 35.5. The number of fused-ring (bicyclic) bond motifs is 1. The maximum Gasteiger partial charge on any atom is 0.314 e. The van der Waals surface area contributed by atoms with Crippen LogP contribution in [0.1, 0.15) is 17.9 Å². The van der Waals surface area contributed by atoms with Gasteiger partial charge in [0.1, 0.15) is 0 Å². The van der Waals surface area contributed by atoms with E-state index in [1.165, 1.54) is 18.9 Å². The lowest BCUT2D eigenvalue weighted by atomic mass is 9.80. The molecule has 1 N–H and O–H groups in total. The molecule has 2 heterocycles. The molecular formula is C16H16ClNO3S. The Morgan fingerprint density at radius 3 is 2.95 bits per heavy atom. The second-order valence-electron chi connectivity index (χ2n) is 5.31. The van der Waals surface area contributed by atoms with Crippen molar-refractivity contribution < 1.29 is 14.3 Å². The lowest BCUT2D eigenvalue weighted by Crippen LogP contribution is -2.30. The lowest BCUT2D eigenvalue weighted by Gasteiger charge is -2.25. The predicted octanol–water partition coefficient (Wildman–Crippen LogP) is 2.73. The summed E-state index contributed by atoms with van der Waals surface area (Å²) in [5, 5.41) is 3.80. The molecule has 0 amide bonds. The molecule has 1 fully saturated rings. The predicted molar refractivity (Wildman–Crippen MR) is 86.8 cm³/mol. The van der Waals surface area contributed by atoms with E-state index in [1.807, 2.05) is 12.3 Å². The van der Waals surface area contributed by atoms with Gasteiger partial charge in [0.05, 0.1) is 18.9 Å². The summed E-state index contributed by atoms with van der Waals surface area (Å²) in [5.74, 6) is -1.65. The minimum atomic E-state index is -0.699. The van der Waals surface area contributed by atoms with E-state index < -0.39 is 17.8 Å². The van der Waals surface area contributed by atoms with Crippen molar-refractivity contribution in [3.05, 3.63) is 46.6 Å². The molecule has 3 rings (SSSR count). The molecule has 1 saturated heterocycles. The number of hydrogen-bond donors (Lipinski definition) is 1. The van der Waals surface area contributed by atoms with E-state index in [9.17, 15) is 9.59 Å². The highest BCUT2D eigenvalue weighted by Gasteiger charge is 2.47. The van der Waals surface area contributed by atoms with E-state index in [0.717, 1.165) is 18.5 Å². The molecule has 2 unspecified atom stereocenters. The van der Waals surface area contributed by atoms with Crippen LogP contribution in [0, 0.1) is 5.92 Å². The van der Waals surface area contributed by atoms with E-state index in [-0.39, 0.29) is 10.4 Å². The normalized spacial score (nSPS) is 25.0. The van der Waals surface area contributed by atoms with Crippen LogP contribution in [0.25, 0.3) is 0 Å². The number of nitrogens with one attached hydrogen (secondary N) is 1. The van der Waals surface area contributed by atoms with Gasteiger partial charge in [0.2, 0.25) is 0 Å². The number of esters is 1. The van der Waals surface area contributed by atoms with Crippen LogP contribution in [0.15, 0.2) is 36.0 Å². The van der Waals surface area contributed by atoms with Crippen LogP contribution in [0.5, 0.6) is 0 Å². The van der Waals surface area contributed by atoms with Gasteiger partial charge in [-0.25, -0.2) is 0 Å². The zero-order chi connectivity index (χ0) is 15.7. The summed E-state index contributed by atoms with van der Waals surface area (Å²) in [6, 6.07) is 7.13. The Morgan fingerprint density at radius 2 is 2.23 bits per heavy atom. The summed E-state index contributed by atoms with van der Waals surface area (Å²) in [5.41, 5.74) is 1.61. The third kappa shape index (κ3) is 2.63. The second kappa shape index (κ2) is 6.34. The molecular weight excluding hydrogens is 322 g/mol. The molecule has 2 aliphatic heterocycles. The van der Waals surface area contributed by atoms with E-state index in [1.54, 1.807) is 18.2 Å². The van der Waals surface area contributed by atoms with Gasteiger partial charge in [-0.1, -0.05) is 41.6 Å². The largest absolute Gasteiger partial charge is 0.469 e. The van der Waals surface area contributed by atoms with Crippen molar-refractivity contribution in [3.8, 4) is 0 Å². The second-order valence-corrected chi connectivity index (χ2v) is 6.93. The van der Waals surface area contributed by atoms with Crippen LogP contribution < -0.4 is 5.32 Å². The average molecular weight is 338 g/mol. The number of ether oxygens (including phenoxy) is 1. The standard InChI is InChI=1S/C16H16ClNO3S/c1-21-15(19)13(9-4-2-3-5-11(9)17)14-10-8-18-7-6-12(10)22-16(14)20/h2-5,8,12-14,18H,6-7H2,1H3/t12?,13-,14?/m1/s1. The van der Waals surface area contributed by atoms with Gasteiger partial charge in [-0.2, -0.15) is 0 Å². The smallest absolute Gasteiger partial charge is 0.314 e. The third-order valence-corrected chi connectivity index (χ3v) is 5.71. The summed E-state index contributed by atoms with van der Waals surface area (Å²) in [4.78, 5) is 24.9. The molecule has 116 valence electrons. The molecule has 0 aromatic heterocycles. The summed E-state index contributed by atoms with van der Waals surface area (Å²) in [6.07, 6.45) is 2.76.